The second kappa shape index (κ2) is 3.39. The average molecular weight is 189 g/mol. The van der Waals surface area contributed by atoms with Gasteiger partial charge in [0.25, 0.3) is 0 Å². The van der Waals surface area contributed by atoms with Gasteiger partial charge in [-0.05, 0) is 26.0 Å². The quantitative estimate of drug-likeness (QED) is 0.656. The molecule has 1 fully saturated rings. The Balaban J connectivity index is 2.27. The molecule has 0 aliphatic carbocycles. The fourth-order valence-corrected chi connectivity index (χ4v) is 2.63. The maximum atomic E-state index is 2.45. The van der Waals surface area contributed by atoms with Crippen LogP contribution in [0.4, 0.5) is 0 Å². The number of nitrogens with zero attached hydrogens (tertiary/aromatic N) is 1. The van der Waals surface area contributed by atoms with Gasteiger partial charge in [-0.1, -0.05) is 37.3 Å². The van der Waals surface area contributed by atoms with Crippen molar-refractivity contribution in [2.75, 3.05) is 13.6 Å². The summed E-state index contributed by atoms with van der Waals surface area (Å²) < 4.78 is 0. The summed E-state index contributed by atoms with van der Waals surface area (Å²) in [5.41, 5.74) is 1.84. The molecule has 0 radical (unpaired) electrons. The monoisotopic (exact) mass is 189 g/mol. The number of hydrogen-bond donors (Lipinski definition) is 0. The van der Waals surface area contributed by atoms with E-state index >= 15 is 0 Å². The third kappa shape index (κ3) is 1.57. The molecule has 1 aromatic carbocycles. The first-order chi connectivity index (χ1) is 6.62. The molecular formula is C13H19N. The standard InChI is InChI=1S/C13H19N/c1-11-9-13(2,10-14(11)3)12-7-5-4-6-8-12/h4-8,11H,9-10H2,1-3H3. The molecule has 0 N–H and O–H groups in total. The van der Waals surface area contributed by atoms with Crippen LogP contribution in [0.25, 0.3) is 0 Å². The Hall–Kier alpha value is -0.820. The molecular weight excluding hydrogens is 170 g/mol. The van der Waals surface area contributed by atoms with Gasteiger partial charge in [0.2, 0.25) is 0 Å². The predicted molar refractivity (Wildman–Crippen MR) is 60.5 cm³/mol. The van der Waals surface area contributed by atoms with Gasteiger partial charge in [0.15, 0.2) is 0 Å². The Bertz CT molecular complexity index is 294. The number of likely N-dealkylation sites (tertiary alicyclic amines) is 1. The van der Waals surface area contributed by atoms with Crippen molar-refractivity contribution in [2.24, 2.45) is 0 Å². The molecule has 1 saturated heterocycles. The van der Waals surface area contributed by atoms with E-state index in [0.717, 1.165) is 0 Å². The molecule has 14 heavy (non-hydrogen) atoms. The van der Waals surface area contributed by atoms with Gasteiger partial charge in [-0.3, -0.25) is 0 Å². The Kier molecular flexibility index (Phi) is 2.36. The second-order valence-corrected chi connectivity index (χ2v) is 4.89. The van der Waals surface area contributed by atoms with Crippen LogP contribution >= 0.6 is 0 Å². The molecule has 2 unspecified atom stereocenters. The van der Waals surface area contributed by atoms with Gasteiger partial charge in [0.1, 0.15) is 0 Å². The van der Waals surface area contributed by atoms with Crippen molar-refractivity contribution in [3.05, 3.63) is 35.9 Å². The van der Waals surface area contributed by atoms with Gasteiger partial charge in [-0.15, -0.1) is 0 Å². The second-order valence-electron chi connectivity index (χ2n) is 4.89. The van der Waals surface area contributed by atoms with Gasteiger partial charge in [-0.2, -0.15) is 0 Å². The lowest BCUT2D eigenvalue weighted by molar-refractivity contribution is 0.322. The minimum atomic E-state index is 0.357. The van der Waals surface area contributed by atoms with Crippen molar-refractivity contribution in [1.29, 1.82) is 0 Å². The lowest BCUT2D eigenvalue weighted by atomic mass is 9.81. The molecule has 0 aromatic heterocycles. The van der Waals surface area contributed by atoms with E-state index in [1.165, 1.54) is 18.5 Å². The molecule has 1 heteroatoms. The highest BCUT2D eigenvalue weighted by Crippen LogP contribution is 2.36. The summed E-state index contributed by atoms with van der Waals surface area (Å²) in [5.74, 6) is 0. The van der Waals surface area contributed by atoms with Crippen molar-refractivity contribution >= 4 is 0 Å². The molecule has 1 aliphatic heterocycles. The number of likely N-dealkylation sites (N-methyl/N-ethyl adjacent to an activating group) is 1. The maximum absolute atomic E-state index is 2.45. The molecule has 0 amide bonds. The minimum absolute atomic E-state index is 0.357. The van der Waals surface area contributed by atoms with Gasteiger partial charge in [0, 0.05) is 18.0 Å². The Morgan fingerprint density at radius 1 is 1.29 bits per heavy atom. The van der Waals surface area contributed by atoms with Crippen LogP contribution in [-0.2, 0) is 5.41 Å². The van der Waals surface area contributed by atoms with Crippen LogP contribution in [0.2, 0.25) is 0 Å². The summed E-state index contributed by atoms with van der Waals surface area (Å²) in [4.78, 5) is 2.45. The van der Waals surface area contributed by atoms with Crippen molar-refractivity contribution in [2.45, 2.75) is 31.7 Å². The van der Waals surface area contributed by atoms with Crippen molar-refractivity contribution in [3.8, 4) is 0 Å². The lowest BCUT2D eigenvalue weighted by Gasteiger charge is -2.24. The van der Waals surface area contributed by atoms with E-state index < -0.39 is 0 Å². The molecule has 76 valence electrons. The van der Waals surface area contributed by atoms with Crippen LogP contribution in [0.5, 0.6) is 0 Å². The van der Waals surface area contributed by atoms with Gasteiger partial charge in [-0.25, -0.2) is 0 Å². The SMILES string of the molecule is CC1CC(C)(c2ccccc2)CN1C. The van der Waals surface area contributed by atoms with Gasteiger partial charge in [0.05, 0.1) is 0 Å². The average Bonchev–Trinajstić information content (AvgIpc) is 2.44. The molecule has 0 saturated carbocycles. The molecule has 2 atom stereocenters. The highest BCUT2D eigenvalue weighted by Gasteiger charge is 2.37. The first-order valence-electron chi connectivity index (χ1n) is 5.38. The van der Waals surface area contributed by atoms with E-state index in [2.05, 4.69) is 56.1 Å². The molecule has 0 bridgehead atoms. The van der Waals surface area contributed by atoms with Crippen LogP contribution in [0, 0.1) is 0 Å². The first kappa shape index (κ1) is 9.72. The molecule has 0 spiro atoms. The van der Waals surface area contributed by atoms with Gasteiger partial charge < -0.3 is 4.90 Å². The van der Waals surface area contributed by atoms with Gasteiger partial charge >= 0.3 is 0 Å². The Morgan fingerprint density at radius 2 is 1.93 bits per heavy atom. The highest BCUT2D eigenvalue weighted by molar-refractivity contribution is 5.26. The smallest absolute Gasteiger partial charge is 0.00763 e. The molecule has 1 aromatic rings. The third-order valence-corrected chi connectivity index (χ3v) is 3.57. The molecule has 1 aliphatic rings. The summed E-state index contributed by atoms with van der Waals surface area (Å²) in [7, 11) is 2.22. The van der Waals surface area contributed by atoms with Crippen molar-refractivity contribution < 1.29 is 0 Å². The fraction of sp³-hybridized carbons (Fsp3) is 0.538. The van der Waals surface area contributed by atoms with E-state index in [0.29, 0.717) is 11.5 Å². The molecule has 1 heterocycles. The Morgan fingerprint density at radius 3 is 2.43 bits per heavy atom. The number of rotatable bonds is 1. The van der Waals surface area contributed by atoms with Crippen LogP contribution in [-0.4, -0.2) is 24.5 Å². The zero-order valence-electron chi connectivity index (χ0n) is 9.33. The highest BCUT2D eigenvalue weighted by atomic mass is 15.2. The van der Waals surface area contributed by atoms with Crippen LogP contribution in [0.1, 0.15) is 25.8 Å². The fourth-order valence-electron chi connectivity index (χ4n) is 2.63. The molecule has 2 rings (SSSR count). The van der Waals surface area contributed by atoms with E-state index in [1.54, 1.807) is 0 Å². The summed E-state index contributed by atoms with van der Waals surface area (Å²) in [6, 6.07) is 11.6. The predicted octanol–water partition coefficient (Wildman–Crippen LogP) is 2.67. The lowest BCUT2D eigenvalue weighted by Crippen LogP contribution is -2.26. The summed E-state index contributed by atoms with van der Waals surface area (Å²) in [6.07, 6.45) is 1.27. The summed E-state index contributed by atoms with van der Waals surface area (Å²) in [5, 5.41) is 0. The Labute approximate surface area is 86.7 Å². The van der Waals surface area contributed by atoms with Crippen LogP contribution in [0.15, 0.2) is 30.3 Å². The van der Waals surface area contributed by atoms with E-state index in [-0.39, 0.29) is 0 Å². The topological polar surface area (TPSA) is 3.24 Å². The maximum Gasteiger partial charge on any atom is 0.00763 e. The first-order valence-corrected chi connectivity index (χ1v) is 5.38. The largest absolute Gasteiger partial charge is 0.303 e. The molecule has 1 nitrogen and oxygen atoms in total. The van der Waals surface area contributed by atoms with E-state index in [4.69, 9.17) is 0 Å². The van der Waals surface area contributed by atoms with Crippen LogP contribution < -0.4 is 0 Å². The summed E-state index contributed by atoms with van der Waals surface area (Å²) in [6.45, 7) is 5.87. The van der Waals surface area contributed by atoms with Crippen molar-refractivity contribution in [1.82, 2.24) is 4.90 Å². The number of hydrogen-bond acceptors (Lipinski definition) is 1. The summed E-state index contributed by atoms with van der Waals surface area (Å²) >= 11 is 0. The van der Waals surface area contributed by atoms with E-state index in [9.17, 15) is 0 Å². The van der Waals surface area contributed by atoms with Crippen molar-refractivity contribution in [3.63, 3.8) is 0 Å². The third-order valence-electron chi connectivity index (χ3n) is 3.57. The minimum Gasteiger partial charge on any atom is -0.303 e. The number of benzene rings is 1. The van der Waals surface area contributed by atoms with E-state index in [1.807, 2.05) is 0 Å². The van der Waals surface area contributed by atoms with Crippen LogP contribution in [0.3, 0.4) is 0 Å². The zero-order valence-corrected chi connectivity index (χ0v) is 9.33. The zero-order chi connectivity index (χ0) is 10.2. The normalized spacial score (nSPS) is 33.5.